The average Bonchev–Trinajstić information content (AvgIpc) is 2.54. The summed E-state index contributed by atoms with van der Waals surface area (Å²) in [6.45, 7) is 3.73. The molecule has 124 valence electrons. The Morgan fingerprint density at radius 3 is 2.87 bits per heavy atom. The number of hydrogen-bond donors (Lipinski definition) is 4. The minimum Gasteiger partial charge on any atom is -0.504 e. The maximum Gasteiger partial charge on any atom is 0.338 e. The summed E-state index contributed by atoms with van der Waals surface area (Å²) < 4.78 is 10.2. The summed E-state index contributed by atoms with van der Waals surface area (Å²) in [4.78, 5) is 16.7. The Kier molecular flexibility index (Phi) is 5.07. The number of aliphatic imine (C=N–C) groups is 1. The average molecular weight is 320 g/mol. The number of nitrogens with zero attached hydrogens (tertiary/aromatic N) is 1. The molecule has 0 aromatic heterocycles. The molecule has 0 unspecified atom stereocenters. The highest BCUT2D eigenvalue weighted by atomic mass is 16.5. The SMILES string of the molecule is CCOC(=O)C1=C(C)NC(NN)=N[C@@H]1c1ccc(O)c(OC)c1. The first-order valence-electron chi connectivity index (χ1n) is 7.08. The fourth-order valence-corrected chi connectivity index (χ4v) is 2.33. The zero-order valence-electron chi connectivity index (χ0n) is 13.2. The van der Waals surface area contributed by atoms with E-state index in [4.69, 9.17) is 15.3 Å². The molecule has 8 heteroatoms. The summed E-state index contributed by atoms with van der Waals surface area (Å²) in [5.41, 5.74) is 4.06. The normalized spacial score (nSPS) is 17.2. The highest BCUT2D eigenvalue weighted by Gasteiger charge is 2.30. The monoisotopic (exact) mass is 320 g/mol. The van der Waals surface area contributed by atoms with E-state index in [1.54, 1.807) is 26.0 Å². The van der Waals surface area contributed by atoms with Gasteiger partial charge in [0, 0.05) is 5.70 Å². The molecule has 0 saturated heterocycles. The number of methoxy groups -OCH3 is 1. The number of carbonyl (C=O) groups is 1. The van der Waals surface area contributed by atoms with E-state index in [-0.39, 0.29) is 12.4 Å². The maximum absolute atomic E-state index is 12.3. The number of guanidine groups is 1. The van der Waals surface area contributed by atoms with Crippen molar-refractivity contribution in [2.45, 2.75) is 19.9 Å². The molecular formula is C15H20N4O4. The minimum atomic E-state index is -0.629. The topological polar surface area (TPSA) is 118 Å². The van der Waals surface area contributed by atoms with Crippen LogP contribution in [0.5, 0.6) is 11.5 Å². The van der Waals surface area contributed by atoms with Crippen molar-refractivity contribution in [3.05, 3.63) is 35.0 Å². The molecule has 0 aliphatic carbocycles. The molecule has 1 aliphatic rings. The lowest BCUT2D eigenvalue weighted by Gasteiger charge is -2.25. The van der Waals surface area contributed by atoms with Gasteiger partial charge in [-0.15, -0.1) is 0 Å². The molecule has 2 rings (SSSR count). The number of aromatic hydroxyl groups is 1. The summed E-state index contributed by atoms with van der Waals surface area (Å²) in [6, 6.07) is 4.14. The van der Waals surface area contributed by atoms with Crippen molar-refractivity contribution in [3.8, 4) is 11.5 Å². The van der Waals surface area contributed by atoms with Crippen LogP contribution in [0.25, 0.3) is 0 Å². The Bertz CT molecular complexity index is 669. The first-order valence-corrected chi connectivity index (χ1v) is 7.08. The molecule has 1 atom stereocenters. The third-order valence-electron chi connectivity index (χ3n) is 3.39. The van der Waals surface area contributed by atoms with Crippen LogP contribution >= 0.6 is 0 Å². The van der Waals surface area contributed by atoms with E-state index in [0.29, 0.717) is 28.5 Å². The molecule has 1 aromatic rings. The summed E-state index contributed by atoms with van der Waals surface area (Å²) in [5.74, 6) is 5.58. The quantitative estimate of drug-likeness (QED) is 0.366. The Balaban J connectivity index is 2.51. The predicted octanol–water partition coefficient (Wildman–Crippen LogP) is 0.702. The molecular weight excluding hydrogens is 300 g/mol. The molecule has 0 saturated carbocycles. The summed E-state index contributed by atoms with van der Waals surface area (Å²) in [5, 5.41) is 12.6. The van der Waals surface area contributed by atoms with Gasteiger partial charge in [0.2, 0.25) is 5.96 Å². The number of carbonyl (C=O) groups excluding carboxylic acids is 1. The Morgan fingerprint density at radius 2 is 2.26 bits per heavy atom. The van der Waals surface area contributed by atoms with Gasteiger partial charge in [0.05, 0.1) is 19.3 Å². The molecule has 1 heterocycles. The molecule has 0 radical (unpaired) electrons. The number of esters is 1. The van der Waals surface area contributed by atoms with Gasteiger partial charge >= 0.3 is 5.97 Å². The summed E-state index contributed by atoms with van der Waals surface area (Å²) >= 11 is 0. The van der Waals surface area contributed by atoms with Crippen LogP contribution in [0, 0.1) is 0 Å². The second-order valence-corrected chi connectivity index (χ2v) is 4.84. The number of hydrogen-bond acceptors (Lipinski definition) is 8. The van der Waals surface area contributed by atoms with Gasteiger partial charge in [-0.25, -0.2) is 15.6 Å². The first-order chi connectivity index (χ1) is 11.0. The third-order valence-corrected chi connectivity index (χ3v) is 3.39. The Hall–Kier alpha value is -2.74. The van der Waals surface area contributed by atoms with Crippen molar-refractivity contribution < 1.29 is 19.4 Å². The van der Waals surface area contributed by atoms with Gasteiger partial charge in [-0.05, 0) is 31.5 Å². The zero-order valence-corrected chi connectivity index (χ0v) is 13.2. The molecule has 0 bridgehead atoms. The number of benzene rings is 1. The molecule has 8 nitrogen and oxygen atoms in total. The lowest BCUT2D eigenvalue weighted by molar-refractivity contribution is -0.138. The second-order valence-electron chi connectivity index (χ2n) is 4.84. The minimum absolute atomic E-state index is 0.00437. The van der Waals surface area contributed by atoms with Crippen LogP contribution in [0.1, 0.15) is 25.5 Å². The molecule has 0 fully saturated rings. The van der Waals surface area contributed by atoms with Crippen LogP contribution in [0.4, 0.5) is 0 Å². The van der Waals surface area contributed by atoms with Gasteiger partial charge in [0.1, 0.15) is 6.04 Å². The summed E-state index contributed by atoms with van der Waals surface area (Å²) in [6.07, 6.45) is 0. The predicted molar refractivity (Wildman–Crippen MR) is 84.6 cm³/mol. The standard InChI is InChI=1S/C15H20N4O4/c1-4-23-14(21)12-8(2)17-15(19-16)18-13(12)9-5-6-10(20)11(7-9)22-3/h5-7,13,20H,4,16H2,1-3H3,(H2,17,18,19)/t13-/m1/s1. The highest BCUT2D eigenvalue weighted by Crippen LogP contribution is 2.35. The zero-order chi connectivity index (χ0) is 17.0. The number of nitrogens with one attached hydrogen (secondary N) is 2. The molecule has 23 heavy (non-hydrogen) atoms. The van der Waals surface area contributed by atoms with E-state index in [9.17, 15) is 9.90 Å². The second kappa shape index (κ2) is 7.01. The number of rotatable bonds is 4. The highest BCUT2D eigenvalue weighted by molar-refractivity contribution is 5.95. The molecule has 0 spiro atoms. The van der Waals surface area contributed by atoms with Crippen molar-refractivity contribution in [1.82, 2.24) is 10.7 Å². The maximum atomic E-state index is 12.3. The first kappa shape index (κ1) is 16.6. The van der Waals surface area contributed by atoms with E-state index in [0.717, 1.165) is 0 Å². The lowest BCUT2D eigenvalue weighted by Crippen LogP contribution is -2.44. The van der Waals surface area contributed by atoms with Crippen molar-refractivity contribution >= 4 is 11.9 Å². The van der Waals surface area contributed by atoms with Gasteiger partial charge in [-0.3, -0.25) is 5.43 Å². The number of phenolic OH excluding ortho intramolecular Hbond substituents is 1. The third kappa shape index (κ3) is 3.37. The van der Waals surface area contributed by atoms with Crippen LogP contribution in [-0.4, -0.2) is 30.8 Å². The number of allylic oxidation sites excluding steroid dienone is 1. The van der Waals surface area contributed by atoms with Crippen LogP contribution in [-0.2, 0) is 9.53 Å². The van der Waals surface area contributed by atoms with E-state index in [2.05, 4.69) is 15.7 Å². The Morgan fingerprint density at radius 1 is 1.52 bits per heavy atom. The van der Waals surface area contributed by atoms with Gasteiger partial charge in [0.25, 0.3) is 0 Å². The van der Waals surface area contributed by atoms with Gasteiger partial charge in [-0.2, -0.15) is 0 Å². The van der Waals surface area contributed by atoms with E-state index in [1.165, 1.54) is 13.2 Å². The summed E-state index contributed by atoms with van der Waals surface area (Å²) in [7, 11) is 1.45. The van der Waals surface area contributed by atoms with Crippen LogP contribution in [0.3, 0.4) is 0 Å². The van der Waals surface area contributed by atoms with E-state index >= 15 is 0 Å². The van der Waals surface area contributed by atoms with Gasteiger partial charge in [-0.1, -0.05) is 6.07 Å². The van der Waals surface area contributed by atoms with Crippen LogP contribution in [0.15, 0.2) is 34.5 Å². The number of ether oxygens (including phenoxy) is 2. The number of nitrogens with two attached hydrogens (primary N) is 1. The van der Waals surface area contributed by atoms with Crippen LogP contribution < -0.4 is 21.3 Å². The van der Waals surface area contributed by atoms with Gasteiger partial charge < -0.3 is 19.9 Å². The van der Waals surface area contributed by atoms with Crippen molar-refractivity contribution in [1.29, 1.82) is 0 Å². The van der Waals surface area contributed by atoms with Crippen LogP contribution in [0.2, 0.25) is 0 Å². The molecule has 5 N–H and O–H groups in total. The number of hydrazine groups is 1. The lowest BCUT2D eigenvalue weighted by atomic mass is 9.96. The smallest absolute Gasteiger partial charge is 0.338 e. The van der Waals surface area contributed by atoms with E-state index in [1.807, 2.05) is 0 Å². The molecule has 1 aliphatic heterocycles. The fraction of sp³-hybridized carbons (Fsp3) is 0.333. The van der Waals surface area contributed by atoms with Crippen molar-refractivity contribution in [2.75, 3.05) is 13.7 Å². The number of phenols is 1. The largest absolute Gasteiger partial charge is 0.504 e. The Labute approximate surface area is 134 Å². The van der Waals surface area contributed by atoms with Gasteiger partial charge in [0.15, 0.2) is 11.5 Å². The molecule has 0 amide bonds. The fourth-order valence-electron chi connectivity index (χ4n) is 2.33. The van der Waals surface area contributed by atoms with Crippen molar-refractivity contribution in [2.24, 2.45) is 10.8 Å². The van der Waals surface area contributed by atoms with Crippen molar-refractivity contribution in [3.63, 3.8) is 0 Å². The molecule has 1 aromatic carbocycles. The van der Waals surface area contributed by atoms with E-state index < -0.39 is 12.0 Å².